The molecule has 3 aromatic rings. The van der Waals surface area contributed by atoms with Gasteiger partial charge in [-0.2, -0.15) is 15.3 Å². The van der Waals surface area contributed by atoms with E-state index in [4.69, 9.17) is 5.73 Å². The third kappa shape index (κ3) is 4.76. The van der Waals surface area contributed by atoms with Gasteiger partial charge in [-0.25, -0.2) is 0 Å². The second-order valence-electron chi connectivity index (χ2n) is 6.17. The van der Waals surface area contributed by atoms with E-state index in [-0.39, 0.29) is 0 Å². The van der Waals surface area contributed by atoms with Crippen LogP contribution in [0.2, 0.25) is 0 Å². The van der Waals surface area contributed by atoms with Crippen molar-refractivity contribution in [1.82, 2.24) is 0 Å². The first kappa shape index (κ1) is 19.6. The van der Waals surface area contributed by atoms with Gasteiger partial charge in [0.2, 0.25) is 0 Å². The van der Waals surface area contributed by atoms with Gasteiger partial charge in [0.1, 0.15) is 0 Å². The number of benzene rings is 3. The molecule has 1 unspecified atom stereocenters. The molecule has 0 amide bonds. The Kier molecular flexibility index (Phi) is 6.41. The van der Waals surface area contributed by atoms with E-state index in [1.807, 2.05) is 67.6 Å². The Bertz CT molecular complexity index is 1020. The van der Waals surface area contributed by atoms with E-state index >= 15 is 0 Å². The molecule has 2 N–H and O–H groups in total. The van der Waals surface area contributed by atoms with E-state index in [1.54, 1.807) is 6.08 Å². The lowest BCUT2D eigenvalue weighted by Crippen LogP contribution is -2.07. The number of azo groups is 2. The molecule has 3 aromatic carbocycles. The molecule has 0 radical (unpaired) electrons. The molecule has 0 aliphatic heterocycles. The maximum absolute atomic E-state index is 6.05. The molecule has 0 aliphatic carbocycles. The molecule has 6 heteroatoms. The molecule has 0 fully saturated rings. The third-order valence-corrected chi connectivity index (χ3v) is 5.20. The van der Waals surface area contributed by atoms with E-state index in [9.17, 15) is 0 Å². The lowest BCUT2D eigenvalue weighted by molar-refractivity contribution is 1.21. The molecule has 3 rings (SSSR count). The number of hydrogen-bond donors (Lipinski definition) is 1. The Balaban J connectivity index is 1.76. The Morgan fingerprint density at radius 2 is 1.29 bits per heavy atom. The first-order valence-corrected chi connectivity index (χ1v) is 10.3. The first-order chi connectivity index (χ1) is 13.6. The number of anilines is 1. The van der Waals surface area contributed by atoms with Crippen LogP contribution in [-0.4, -0.2) is 6.66 Å². The van der Waals surface area contributed by atoms with Gasteiger partial charge < -0.3 is 5.73 Å². The molecular formula is C22H22N5P. The third-order valence-electron chi connectivity index (χ3n) is 4.15. The Morgan fingerprint density at radius 1 is 0.786 bits per heavy atom. The largest absolute Gasteiger partial charge is 0.398 e. The Labute approximate surface area is 166 Å². The fourth-order valence-electron chi connectivity index (χ4n) is 2.62. The van der Waals surface area contributed by atoms with Gasteiger partial charge in [0.05, 0.1) is 22.7 Å². The van der Waals surface area contributed by atoms with Crippen LogP contribution in [0.25, 0.3) is 6.08 Å². The van der Waals surface area contributed by atoms with Crippen molar-refractivity contribution in [3.05, 3.63) is 78.4 Å². The molecule has 0 aromatic heterocycles. The van der Waals surface area contributed by atoms with E-state index < -0.39 is 0 Å². The molecule has 0 bridgehead atoms. The van der Waals surface area contributed by atoms with E-state index in [2.05, 4.69) is 33.7 Å². The lowest BCUT2D eigenvalue weighted by Gasteiger charge is -2.09. The van der Waals surface area contributed by atoms with Crippen molar-refractivity contribution in [1.29, 1.82) is 0 Å². The average molecular weight is 387 g/mol. The van der Waals surface area contributed by atoms with E-state index in [0.717, 1.165) is 39.3 Å². The molecule has 140 valence electrons. The average Bonchev–Trinajstić information content (AvgIpc) is 2.73. The topological polar surface area (TPSA) is 75.5 Å². The van der Waals surface area contributed by atoms with E-state index in [1.165, 1.54) is 5.56 Å². The van der Waals surface area contributed by atoms with Crippen molar-refractivity contribution in [2.24, 2.45) is 20.5 Å². The monoisotopic (exact) mass is 387 g/mol. The van der Waals surface area contributed by atoms with Crippen LogP contribution in [0.5, 0.6) is 0 Å². The highest BCUT2D eigenvalue weighted by molar-refractivity contribution is 7.47. The zero-order valence-corrected chi connectivity index (χ0v) is 16.9. The minimum Gasteiger partial charge on any atom is -0.398 e. The molecular weight excluding hydrogens is 365 g/mol. The summed E-state index contributed by atoms with van der Waals surface area (Å²) in [6.07, 6.45) is 1.78. The summed E-state index contributed by atoms with van der Waals surface area (Å²) in [5, 5.41) is 18.3. The zero-order valence-electron chi connectivity index (χ0n) is 15.9. The Morgan fingerprint density at radius 3 is 1.79 bits per heavy atom. The summed E-state index contributed by atoms with van der Waals surface area (Å²) in [5.41, 5.74) is 12.0. The second kappa shape index (κ2) is 9.16. The number of rotatable bonds is 6. The fourth-order valence-corrected chi connectivity index (χ4v) is 3.49. The molecule has 1 atom stereocenters. The van der Waals surface area contributed by atoms with Crippen molar-refractivity contribution in [2.45, 2.75) is 6.92 Å². The second-order valence-corrected chi connectivity index (χ2v) is 7.17. The van der Waals surface area contributed by atoms with Crippen molar-refractivity contribution in [3.8, 4) is 0 Å². The quantitative estimate of drug-likeness (QED) is 0.276. The lowest BCUT2D eigenvalue weighted by atomic mass is 10.1. The van der Waals surface area contributed by atoms with Gasteiger partial charge in [0.25, 0.3) is 0 Å². The van der Waals surface area contributed by atoms with Gasteiger partial charge in [-0.05, 0) is 62.1 Å². The van der Waals surface area contributed by atoms with E-state index in [0.29, 0.717) is 8.58 Å². The van der Waals surface area contributed by atoms with Crippen molar-refractivity contribution in [3.63, 3.8) is 0 Å². The summed E-state index contributed by atoms with van der Waals surface area (Å²) in [5.74, 6) is 0. The number of nitrogen functional groups attached to an aromatic ring is 1. The summed E-state index contributed by atoms with van der Waals surface area (Å²) in [6.45, 7) is 8.01. The molecule has 0 saturated heterocycles. The van der Waals surface area contributed by atoms with Crippen molar-refractivity contribution < 1.29 is 0 Å². The zero-order chi connectivity index (χ0) is 19.9. The fraction of sp³-hybridized carbons (Fsp3) is 0.0909. The SMILES string of the molecule is C=Cc1c(N=Nc2ccc(N=Nc3ccc(C)cc3)cc2)ccc(N)c1PC. The number of nitrogens with zero attached hydrogens (tertiary/aromatic N) is 4. The van der Waals surface area contributed by atoms with Crippen molar-refractivity contribution >= 4 is 48.4 Å². The summed E-state index contributed by atoms with van der Waals surface area (Å²) >= 11 is 0. The highest BCUT2D eigenvalue weighted by atomic mass is 31.1. The normalized spacial score (nSPS) is 11.8. The van der Waals surface area contributed by atoms with Crippen LogP contribution in [0.15, 0.2) is 87.7 Å². The van der Waals surface area contributed by atoms with Gasteiger partial charge in [0, 0.05) is 16.6 Å². The molecule has 0 aliphatic rings. The van der Waals surface area contributed by atoms with Gasteiger partial charge in [-0.3, -0.25) is 0 Å². The maximum Gasteiger partial charge on any atom is 0.0936 e. The number of aryl methyl sites for hydroxylation is 1. The van der Waals surface area contributed by atoms with Crippen LogP contribution in [0.4, 0.5) is 28.4 Å². The maximum atomic E-state index is 6.05. The minimum absolute atomic E-state index is 0.566. The standard InChI is InChI=1S/C22H22N5P/c1-4-19-21(14-13-20(23)22(19)28-3)27-26-18-11-9-17(10-12-18)25-24-16-7-5-15(2)6-8-16/h4-14,28H,1,23H2,2-3H3. The molecule has 5 nitrogen and oxygen atoms in total. The molecule has 0 heterocycles. The molecule has 0 saturated carbocycles. The highest BCUT2D eigenvalue weighted by Gasteiger charge is 2.07. The summed E-state index contributed by atoms with van der Waals surface area (Å²) in [4.78, 5) is 0. The Hall–Kier alpha value is -3.17. The van der Waals surface area contributed by atoms with Gasteiger partial charge in [-0.1, -0.05) is 38.9 Å². The van der Waals surface area contributed by atoms with Crippen LogP contribution < -0.4 is 11.0 Å². The van der Waals surface area contributed by atoms with Crippen LogP contribution in [0.3, 0.4) is 0 Å². The van der Waals surface area contributed by atoms with Gasteiger partial charge in [0.15, 0.2) is 0 Å². The predicted octanol–water partition coefficient (Wildman–Crippen LogP) is 6.98. The summed E-state index contributed by atoms with van der Waals surface area (Å²) in [7, 11) is 0.566. The highest BCUT2D eigenvalue weighted by Crippen LogP contribution is 2.28. The first-order valence-electron chi connectivity index (χ1n) is 8.83. The molecule has 0 spiro atoms. The number of hydrogen-bond acceptors (Lipinski definition) is 5. The molecule has 28 heavy (non-hydrogen) atoms. The minimum atomic E-state index is 0.566. The predicted molar refractivity (Wildman–Crippen MR) is 121 cm³/mol. The van der Waals surface area contributed by atoms with Crippen LogP contribution in [-0.2, 0) is 0 Å². The van der Waals surface area contributed by atoms with Crippen LogP contribution >= 0.6 is 8.58 Å². The summed E-state index contributed by atoms with van der Waals surface area (Å²) < 4.78 is 0. The van der Waals surface area contributed by atoms with Gasteiger partial charge >= 0.3 is 0 Å². The van der Waals surface area contributed by atoms with Crippen molar-refractivity contribution in [2.75, 3.05) is 12.4 Å². The van der Waals surface area contributed by atoms with Crippen LogP contribution in [0.1, 0.15) is 11.1 Å². The number of nitrogens with two attached hydrogens (primary N) is 1. The smallest absolute Gasteiger partial charge is 0.0936 e. The van der Waals surface area contributed by atoms with Crippen LogP contribution in [0, 0.1) is 6.92 Å². The summed E-state index contributed by atoms with van der Waals surface area (Å²) in [6, 6.07) is 19.1. The van der Waals surface area contributed by atoms with Gasteiger partial charge in [-0.15, -0.1) is 5.11 Å².